The molecule has 3 nitrogen and oxygen atoms in total. The molecular weight excluding hydrogens is 154 g/mol. The normalized spacial score (nSPS) is 10.2. The highest BCUT2D eigenvalue weighted by Crippen LogP contribution is 2.11. The molecule has 1 rings (SSSR count). The van der Waals surface area contributed by atoms with Crippen LogP contribution in [0.4, 0.5) is 0 Å². The predicted octanol–water partition coefficient (Wildman–Crippen LogP) is 1.97. The van der Waals surface area contributed by atoms with E-state index in [0.29, 0.717) is 5.56 Å². The van der Waals surface area contributed by atoms with E-state index in [1.165, 1.54) is 0 Å². The second-order valence-electron chi connectivity index (χ2n) is 2.89. The van der Waals surface area contributed by atoms with E-state index >= 15 is 0 Å². The third-order valence-corrected chi connectivity index (χ3v) is 1.82. The first-order chi connectivity index (χ1) is 5.65. The van der Waals surface area contributed by atoms with Crippen molar-refractivity contribution in [2.45, 2.75) is 26.7 Å². The lowest BCUT2D eigenvalue weighted by Crippen LogP contribution is -1.95. The van der Waals surface area contributed by atoms with Gasteiger partial charge in [0.1, 0.15) is 0 Å². The molecule has 1 aromatic rings. The quantitative estimate of drug-likeness (QED) is 0.723. The van der Waals surface area contributed by atoms with Gasteiger partial charge in [0.25, 0.3) is 0 Å². The molecule has 1 aromatic heterocycles. The number of carbonyl (C=O) groups is 1. The van der Waals surface area contributed by atoms with Crippen LogP contribution in [0.25, 0.3) is 0 Å². The fourth-order valence-corrected chi connectivity index (χ4v) is 1.25. The Hall–Kier alpha value is -1.25. The smallest absolute Gasteiger partial charge is 0.337 e. The van der Waals surface area contributed by atoms with Crippen molar-refractivity contribution in [3.63, 3.8) is 0 Å². The first-order valence-electron chi connectivity index (χ1n) is 4.07. The largest absolute Gasteiger partial charge is 0.478 e. The number of rotatable bonds is 3. The number of hydrogen-bond donors (Lipinski definition) is 2. The van der Waals surface area contributed by atoms with Gasteiger partial charge in [-0.05, 0) is 19.4 Å². The number of aromatic carboxylic acids is 1. The molecule has 0 aromatic carbocycles. The molecule has 0 spiro atoms. The van der Waals surface area contributed by atoms with Gasteiger partial charge in [-0.15, -0.1) is 0 Å². The summed E-state index contributed by atoms with van der Waals surface area (Å²) in [7, 11) is 0. The zero-order valence-corrected chi connectivity index (χ0v) is 7.35. The second-order valence-corrected chi connectivity index (χ2v) is 2.89. The molecule has 1 heterocycles. The Bertz CT molecular complexity index is 289. The monoisotopic (exact) mass is 167 g/mol. The van der Waals surface area contributed by atoms with Gasteiger partial charge in [-0.25, -0.2) is 4.79 Å². The van der Waals surface area contributed by atoms with Gasteiger partial charge in [-0.2, -0.15) is 0 Å². The summed E-state index contributed by atoms with van der Waals surface area (Å²) in [6.45, 7) is 3.85. The number of H-pyrrole nitrogens is 1. The summed E-state index contributed by atoms with van der Waals surface area (Å²) < 4.78 is 0. The van der Waals surface area contributed by atoms with E-state index in [1.54, 1.807) is 13.0 Å². The summed E-state index contributed by atoms with van der Waals surface area (Å²) in [5.74, 6) is -0.855. The third-order valence-electron chi connectivity index (χ3n) is 1.82. The highest BCUT2D eigenvalue weighted by atomic mass is 16.4. The van der Waals surface area contributed by atoms with Crippen LogP contribution in [-0.4, -0.2) is 16.1 Å². The van der Waals surface area contributed by atoms with Crippen LogP contribution in [0.2, 0.25) is 0 Å². The highest BCUT2D eigenvalue weighted by molar-refractivity contribution is 5.89. The Morgan fingerprint density at radius 1 is 1.67 bits per heavy atom. The maximum atomic E-state index is 10.6. The summed E-state index contributed by atoms with van der Waals surface area (Å²) >= 11 is 0. The molecule has 66 valence electrons. The zero-order chi connectivity index (χ0) is 9.14. The number of aromatic amines is 1. The molecule has 0 saturated carbocycles. The van der Waals surface area contributed by atoms with Gasteiger partial charge in [0.2, 0.25) is 0 Å². The maximum Gasteiger partial charge on any atom is 0.337 e. The molecule has 2 N–H and O–H groups in total. The van der Waals surface area contributed by atoms with Crippen LogP contribution in [0.15, 0.2) is 6.07 Å². The van der Waals surface area contributed by atoms with E-state index in [-0.39, 0.29) is 0 Å². The number of nitrogens with one attached hydrogen (secondary N) is 1. The molecule has 0 bridgehead atoms. The van der Waals surface area contributed by atoms with Gasteiger partial charge < -0.3 is 10.1 Å². The van der Waals surface area contributed by atoms with E-state index in [2.05, 4.69) is 11.9 Å². The van der Waals surface area contributed by atoms with Crippen LogP contribution < -0.4 is 0 Å². The fourth-order valence-electron chi connectivity index (χ4n) is 1.25. The van der Waals surface area contributed by atoms with Crippen molar-refractivity contribution in [3.05, 3.63) is 23.0 Å². The standard InChI is InChI=1S/C9H13NO2/c1-3-4-7-5-8(9(11)12)6(2)10-7/h5,10H,3-4H2,1-2H3,(H,11,12). The molecule has 0 atom stereocenters. The molecule has 0 aliphatic heterocycles. The van der Waals surface area contributed by atoms with Crippen LogP contribution >= 0.6 is 0 Å². The third kappa shape index (κ3) is 1.67. The van der Waals surface area contributed by atoms with Crippen LogP contribution in [-0.2, 0) is 6.42 Å². The van der Waals surface area contributed by atoms with Crippen molar-refractivity contribution in [1.29, 1.82) is 0 Å². The molecule has 0 saturated heterocycles. The topological polar surface area (TPSA) is 53.1 Å². The molecule has 0 amide bonds. The molecule has 0 unspecified atom stereocenters. The minimum Gasteiger partial charge on any atom is -0.478 e. The Morgan fingerprint density at radius 3 is 2.75 bits per heavy atom. The van der Waals surface area contributed by atoms with Crippen molar-refractivity contribution in [2.24, 2.45) is 0 Å². The lowest BCUT2D eigenvalue weighted by atomic mass is 10.2. The number of carboxylic acid groups (broad SMARTS) is 1. The summed E-state index contributed by atoms with van der Waals surface area (Å²) in [5, 5.41) is 8.73. The SMILES string of the molecule is CCCc1cc(C(=O)O)c(C)[nH]1. The number of aromatic nitrogens is 1. The molecular formula is C9H13NO2. The van der Waals surface area contributed by atoms with Crippen molar-refractivity contribution < 1.29 is 9.90 Å². The van der Waals surface area contributed by atoms with E-state index < -0.39 is 5.97 Å². The van der Waals surface area contributed by atoms with Gasteiger partial charge in [0.05, 0.1) is 5.56 Å². The van der Waals surface area contributed by atoms with E-state index in [9.17, 15) is 4.79 Å². The average Bonchev–Trinajstić information content (AvgIpc) is 2.32. The molecule has 0 fully saturated rings. The van der Waals surface area contributed by atoms with Gasteiger partial charge in [-0.1, -0.05) is 13.3 Å². The van der Waals surface area contributed by atoms with E-state index in [4.69, 9.17) is 5.11 Å². The van der Waals surface area contributed by atoms with Gasteiger partial charge in [0, 0.05) is 11.4 Å². The second kappa shape index (κ2) is 3.43. The fraction of sp³-hybridized carbons (Fsp3) is 0.444. The van der Waals surface area contributed by atoms with Gasteiger partial charge >= 0.3 is 5.97 Å². The first kappa shape index (κ1) is 8.84. The minimum atomic E-state index is -0.855. The van der Waals surface area contributed by atoms with E-state index in [1.807, 2.05) is 0 Å². The van der Waals surface area contributed by atoms with Crippen LogP contribution in [0.1, 0.15) is 35.1 Å². The molecule has 12 heavy (non-hydrogen) atoms. The number of hydrogen-bond acceptors (Lipinski definition) is 1. The number of aryl methyl sites for hydroxylation is 2. The van der Waals surface area contributed by atoms with Crippen LogP contribution in [0.5, 0.6) is 0 Å². The lowest BCUT2D eigenvalue weighted by Gasteiger charge is -1.89. The summed E-state index contributed by atoms with van der Waals surface area (Å²) in [4.78, 5) is 13.7. The molecule has 0 aliphatic carbocycles. The Balaban J connectivity index is 2.92. The van der Waals surface area contributed by atoms with Crippen LogP contribution in [0.3, 0.4) is 0 Å². The Kier molecular flexibility index (Phi) is 2.53. The van der Waals surface area contributed by atoms with Crippen molar-refractivity contribution in [1.82, 2.24) is 4.98 Å². The number of carboxylic acids is 1. The van der Waals surface area contributed by atoms with Gasteiger partial charge in [-0.3, -0.25) is 0 Å². The average molecular weight is 167 g/mol. The maximum absolute atomic E-state index is 10.6. The first-order valence-corrected chi connectivity index (χ1v) is 4.07. The Morgan fingerprint density at radius 2 is 2.33 bits per heavy atom. The molecule has 3 heteroatoms. The van der Waals surface area contributed by atoms with Crippen molar-refractivity contribution in [3.8, 4) is 0 Å². The lowest BCUT2D eigenvalue weighted by molar-refractivity contribution is 0.0696. The van der Waals surface area contributed by atoms with Crippen LogP contribution in [0, 0.1) is 6.92 Å². The van der Waals surface area contributed by atoms with Gasteiger partial charge in [0.15, 0.2) is 0 Å². The van der Waals surface area contributed by atoms with Crippen molar-refractivity contribution in [2.75, 3.05) is 0 Å². The summed E-state index contributed by atoms with van der Waals surface area (Å²) in [6, 6.07) is 1.71. The summed E-state index contributed by atoms with van der Waals surface area (Å²) in [5.41, 5.74) is 2.14. The van der Waals surface area contributed by atoms with E-state index in [0.717, 1.165) is 24.2 Å². The van der Waals surface area contributed by atoms with Crippen molar-refractivity contribution >= 4 is 5.97 Å². The zero-order valence-electron chi connectivity index (χ0n) is 7.35. The Labute approximate surface area is 71.4 Å². The molecule has 0 aliphatic rings. The minimum absolute atomic E-state index is 0.387. The molecule has 0 radical (unpaired) electrons. The predicted molar refractivity (Wildman–Crippen MR) is 46.5 cm³/mol. The highest BCUT2D eigenvalue weighted by Gasteiger charge is 2.09. The summed E-state index contributed by atoms with van der Waals surface area (Å²) in [6.07, 6.45) is 1.94.